The largest absolute Gasteiger partial charge is 0.370 e. The molecule has 1 amide bonds. The Morgan fingerprint density at radius 3 is 2.90 bits per heavy atom. The summed E-state index contributed by atoms with van der Waals surface area (Å²) in [7, 11) is 2.09. The highest BCUT2D eigenvalue weighted by Crippen LogP contribution is 2.17. The SMILES string of the molecule is CCCNc1cc(C(=O)N2CCCN(C)CC2)cc(Cl)n1. The van der Waals surface area contributed by atoms with Crippen molar-refractivity contribution in [3.63, 3.8) is 0 Å². The summed E-state index contributed by atoms with van der Waals surface area (Å²) in [4.78, 5) is 21.0. The zero-order chi connectivity index (χ0) is 15.2. The number of nitrogens with one attached hydrogen (secondary N) is 1. The van der Waals surface area contributed by atoms with Gasteiger partial charge in [0.05, 0.1) is 0 Å². The minimum absolute atomic E-state index is 0.0362. The molecule has 1 aliphatic heterocycles. The zero-order valence-corrected chi connectivity index (χ0v) is 13.5. The van der Waals surface area contributed by atoms with Gasteiger partial charge < -0.3 is 15.1 Å². The van der Waals surface area contributed by atoms with Crippen molar-refractivity contribution < 1.29 is 4.79 Å². The fourth-order valence-corrected chi connectivity index (χ4v) is 2.60. The van der Waals surface area contributed by atoms with Gasteiger partial charge in [0.25, 0.3) is 5.91 Å². The Balaban J connectivity index is 2.12. The Labute approximate surface area is 131 Å². The number of rotatable bonds is 4. The molecule has 0 aliphatic carbocycles. The third kappa shape index (κ3) is 4.58. The van der Waals surface area contributed by atoms with Gasteiger partial charge in [0, 0.05) is 31.7 Å². The number of carbonyl (C=O) groups is 1. The summed E-state index contributed by atoms with van der Waals surface area (Å²) in [5.74, 6) is 0.703. The first-order valence-electron chi connectivity index (χ1n) is 7.49. The highest BCUT2D eigenvalue weighted by atomic mass is 35.5. The Kier molecular flexibility index (Phi) is 5.82. The number of likely N-dealkylation sites (N-methyl/N-ethyl adjacent to an activating group) is 1. The highest BCUT2D eigenvalue weighted by molar-refractivity contribution is 6.29. The molecule has 0 saturated carbocycles. The fraction of sp³-hybridized carbons (Fsp3) is 0.600. The van der Waals surface area contributed by atoms with Crippen LogP contribution in [0.5, 0.6) is 0 Å². The van der Waals surface area contributed by atoms with E-state index in [1.54, 1.807) is 12.1 Å². The molecule has 1 N–H and O–H groups in total. The minimum atomic E-state index is 0.0362. The van der Waals surface area contributed by atoms with Crippen LogP contribution in [0.2, 0.25) is 5.15 Å². The van der Waals surface area contributed by atoms with Gasteiger partial charge in [-0.15, -0.1) is 0 Å². The van der Waals surface area contributed by atoms with Gasteiger partial charge in [-0.3, -0.25) is 4.79 Å². The van der Waals surface area contributed by atoms with Gasteiger partial charge in [-0.05, 0) is 38.6 Å². The summed E-state index contributed by atoms with van der Waals surface area (Å²) in [5.41, 5.74) is 0.609. The Morgan fingerprint density at radius 1 is 1.33 bits per heavy atom. The topological polar surface area (TPSA) is 48.5 Å². The summed E-state index contributed by atoms with van der Waals surface area (Å²) >= 11 is 6.04. The molecule has 0 bridgehead atoms. The average Bonchev–Trinajstić information content (AvgIpc) is 2.68. The van der Waals surface area contributed by atoms with E-state index < -0.39 is 0 Å². The number of hydrogen-bond donors (Lipinski definition) is 1. The lowest BCUT2D eigenvalue weighted by Gasteiger charge is -2.21. The first-order chi connectivity index (χ1) is 10.1. The maximum atomic E-state index is 12.6. The van der Waals surface area contributed by atoms with Crippen LogP contribution in [-0.4, -0.2) is 60.5 Å². The summed E-state index contributed by atoms with van der Waals surface area (Å²) in [6.07, 6.45) is 2.00. The van der Waals surface area contributed by atoms with Crippen molar-refractivity contribution in [3.05, 3.63) is 22.8 Å². The van der Waals surface area contributed by atoms with E-state index in [0.717, 1.165) is 45.6 Å². The third-order valence-electron chi connectivity index (χ3n) is 3.60. The molecule has 0 aromatic carbocycles. The number of amides is 1. The Bertz CT molecular complexity index is 495. The normalized spacial score (nSPS) is 16.6. The molecule has 1 fully saturated rings. The molecule has 0 atom stereocenters. The molecule has 116 valence electrons. The van der Waals surface area contributed by atoms with Crippen LogP contribution in [0, 0.1) is 0 Å². The molecule has 5 nitrogen and oxygen atoms in total. The molecule has 0 radical (unpaired) electrons. The molecular weight excluding hydrogens is 288 g/mol. The molecule has 1 saturated heterocycles. The number of pyridine rings is 1. The van der Waals surface area contributed by atoms with Crippen molar-refractivity contribution >= 4 is 23.3 Å². The first-order valence-corrected chi connectivity index (χ1v) is 7.87. The predicted molar refractivity (Wildman–Crippen MR) is 86.0 cm³/mol. The van der Waals surface area contributed by atoms with Gasteiger partial charge >= 0.3 is 0 Å². The van der Waals surface area contributed by atoms with E-state index in [0.29, 0.717) is 16.5 Å². The lowest BCUT2D eigenvalue weighted by atomic mass is 10.2. The number of halogens is 1. The number of anilines is 1. The maximum Gasteiger partial charge on any atom is 0.254 e. The quantitative estimate of drug-likeness (QED) is 0.867. The van der Waals surface area contributed by atoms with Crippen molar-refractivity contribution in [3.8, 4) is 0 Å². The van der Waals surface area contributed by atoms with Crippen LogP contribution in [0.15, 0.2) is 12.1 Å². The van der Waals surface area contributed by atoms with E-state index in [9.17, 15) is 4.79 Å². The van der Waals surface area contributed by atoms with Gasteiger partial charge in [-0.1, -0.05) is 18.5 Å². The summed E-state index contributed by atoms with van der Waals surface area (Å²) in [6, 6.07) is 3.44. The van der Waals surface area contributed by atoms with E-state index in [2.05, 4.69) is 29.2 Å². The number of aromatic nitrogens is 1. The predicted octanol–water partition coefficient (Wildman–Crippen LogP) is 2.33. The molecule has 6 heteroatoms. The lowest BCUT2D eigenvalue weighted by molar-refractivity contribution is 0.0763. The molecular formula is C15H23ClN4O. The van der Waals surface area contributed by atoms with Crippen LogP contribution in [0.25, 0.3) is 0 Å². The Hall–Kier alpha value is -1.33. The van der Waals surface area contributed by atoms with Gasteiger partial charge in [-0.2, -0.15) is 0 Å². The number of hydrogen-bond acceptors (Lipinski definition) is 4. The van der Waals surface area contributed by atoms with Crippen molar-refractivity contribution in [1.82, 2.24) is 14.8 Å². The van der Waals surface area contributed by atoms with E-state index in [4.69, 9.17) is 11.6 Å². The second-order valence-corrected chi connectivity index (χ2v) is 5.83. The van der Waals surface area contributed by atoms with Crippen LogP contribution in [0.3, 0.4) is 0 Å². The Morgan fingerprint density at radius 2 is 2.14 bits per heavy atom. The lowest BCUT2D eigenvalue weighted by Crippen LogP contribution is -2.34. The van der Waals surface area contributed by atoms with Crippen LogP contribution in [0.1, 0.15) is 30.1 Å². The molecule has 0 spiro atoms. The molecule has 0 unspecified atom stereocenters. The second kappa shape index (κ2) is 7.61. The van der Waals surface area contributed by atoms with E-state index in [1.165, 1.54) is 0 Å². The first kappa shape index (κ1) is 16.0. The zero-order valence-electron chi connectivity index (χ0n) is 12.7. The standard InChI is InChI=1S/C15H23ClN4O/c1-3-5-17-14-11-12(10-13(16)18-14)15(21)20-7-4-6-19(2)8-9-20/h10-11H,3-9H2,1-2H3,(H,17,18). The minimum Gasteiger partial charge on any atom is -0.370 e. The number of nitrogens with zero attached hydrogens (tertiary/aromatic N) is 3. The molecule has 1 aromatic rings. The number of carbonyl (C=O) groups excluding carboxylic acids is 1. The van der Waals surface area contributed by atoms with E-state index in [-0.39, 0.29) is 5.91 Å². The van der Waals surface area contributed by atoms with Gasteiger partial charge in [0.1, 0.15) is 11.0 Å². The molecule has 2 rings (SSSR count). The summed E-state index contributed by atoms with van der Waals surface area (Å²) < 4.78 is 0. The summed E-state index contributed by atoms with van der Waals surface area (Å²) in [6.45, 7) is 6.39. The van der Waals surface area contributed by atoms with Crippen molar-refractivity contribution in [2.75, 3.05) is 45.1 Å². The molecule has 2 heterocycles. The van der Waals surface area contributed by atoms with Crippen LogP contribution in [0.4, 0.5) is 5.82 Å². The van der Waals surface area contributed by atoms with Crippen LogP contribution >= 0.6 is 11.6 Å². The van der Waals surface area contributed by atoms with Gasteiger partial charge in [0.15, 0.2) is 0 Å². The van der Waals surface area contributed by atoms with Gasteiger partial charge in [0.2, 0.25) is 0 Å². The fourth-order valence-electron chi connectivity index (χ4n) is 2.40. The third-order valence-corrected chi connectivity index (χ3v) is 3.80. The van der Waals surface area contributed by atoms with E-state index in [1.807, 2.05) is 4.90 Å². The van der Waals surface area contributed by atoms with Crippen molar-refractivity contribution in [2.45, 2.75) is 19.8 Å². The smallest absolute Gasteiger partial charge is 0.254 e. The van der Waals surface area contributed by atoms with Crippen molar-refractivity contribution in [1.29, 1.82) is 0 Å². The summed E-state index contributed by atoms with van der Waals surface area (Å²) in [5, 5.41) is 3.53. The molecule has 1 aromatic heterocycles. The van der Waals surface area contributed by atoms with Crippen molar-refractivity contribution in [2.24, 2.45) is 0 Å². The molecule has 1 aliphatic rings. The monoisotopic (exact) mass is 310 g/mol. The van der Waals surface area contributed by atoms with Crippen LogP contribution in [-0.2, 0) is 0 Å². The van der Waals surface area contributed by atoms with Gasteiger partial charge in [-0.25, -0.2) is 4.98 Å². The maximum absolute atomic E-state index is 12.6. The van der Waals surface area contributed by atoms with Crippen LogP contribution < -0.4 is 5.32 Å². The molecule has 21 heavy (non-hydrogen) atoms. The second-order valence-electron chi connectivity index (χ2n) is 5.44. The average molecular weight is 311 g/mol. The van der Waals surface area contributed by atoms with E-state index >= 15 is 0 Å². The highest BCUT2D eigenvalue weighted by Gasteiger charge is 2.20.